The van der Waals surface area contributed by atoms with E-state index in [1.54, 1.807) is 0 Å². The lowest BCUT2D eigenvalue weighted by Gasteiger charge is -2.28. The third-order valence-corrected chi connectivity index (χ3v) is 8.68. The van der Waals surface area contributed by atoms with E-state index in [0.29, 0.717) is 17.4 Å². The first-order valence-electron chi connectivity index (χ1n) is 16.8. The lowest BCUT2D eigenvalue weighted by Crippen LogP contribution is -2.37. The number of nitrogens with zero attached hydrogens (tertiary/aromatic N) is 1. The number of esters is 2. The molecule has 0 fully saturated rings. The van der Waals surface area contributed by atoms with Crippen LogP contribution in [0.5, 0.6) is 0 Å². The van der Waals surface area contributed by atoms with Gasteiger partial charge in [-0.1, -0.05) is 119 Å². The van der Waals surface area contributed by atoms with Crippen LogP contribution in [0, 0.1) is 0 Å². The second-order valence-corrected chi connectivity index (χ2v) is 14.8. The first-order chi connectivity index (χ1) is 20.5. The predicted octanol–water partition coefficient (Wildman–Crippen LogP) is 7.87. The van der Waals surface area contributed by atoms with Gasteiger partial charge in [0.2, 0.25) is 0 Å². The van der Waals surface area contributed by atoms with E-state index in [4.69, 9.17) is 18.5 Å². The molecular weight excluding hydrogens is 637 g/mol. The van der Waals surface area contributed by atoms with Crippen LogP contribution in [-0.4, -0.2) is 75.4 Å². The molecule has 0 aliphatic heterocycles. The van der Waals surface area contributed by atoms with Gasteiger partial charge in [0, 0.05) is 18.2 Å². The Morgan fingerprint density at radius 1 is 0.698 bits per heavy atom. The van der Waals surface area contributed by atoms with Gasteiger partial charge in [0.15, 0.2) is 6.10 Å². The van der Waals surface area contributed by atoms with Crippen molar-refractivity contribution in [2.24, 2.45) is 0 Å². The second-order valence-electron chi connectivity index (χ2n) is 12.6. The highest BCUT2D eigenvalue weighted by Gasteiger charge is 2.21. The molecule has 11 heteroatoms. The van der Waals surface area contributed by atoms with Gasteiger partial charge >= 0.3 is 11.9 Å². The zero-order valence-corrected chi connectivity index (χ0v) is 30.3. The van der Waals surface area contributed by atoms with Crippen LogP contribution in [0.4, 0.5) is 0 Å². The highest BCUT2D eigenvalue weighted by atomic mass is 79.9. The summed E-state index contributed by atoms with van der Waals surface area (Å²) in [6.07, 6.45) is 19.9. The zero-order valence-electron chi connectivity index (χ0n) is 27.8. The Kier molecular flexibility index (Phi) is 27.4. The lowest BCUT2D eigenvalue weighted by atomic mass is 10.1. The van der Waals surface area contributed by atoms with Crippen LogP contribution in [0.15, 0.2) is 0 Å². The molecule has 0 aliphatic rings. The van der Waals surface area contributed by atoms with E-state index < -0.39 is 26.5 Å². The minimum atomic E-state index is -4.60. The maximum atomic E-state index is 12.5. The van der Waals surface area contributed by atoms with Crippen molar-refractivity contribution in [3.63, 3.8) is 0 Å². The molecule has 0 heterocycles. The summed E-state index contributed by atoms with van der Waals surface area (Å²) in [4.78, 5) is 37.0. The van der Waals surface area contributed by atoms with Crippen LogP contribution in [0.25, 0.3) is 0 Å². The van der Waals surface area contributed by atoms with Crippen LogP contribution in [0.3, 0.4) is 0 Å². The maximum absolute atomic E-state index is 12.5. The summed E-state index contributed by atoms with van der Waals surface area (Å²) < 4.78 is 33.5. The minimum absolute atomic E-state index is 0.0285. The predicted molar refractivity (Wildman–Crippen MR) is 175 cm³/mol. The Bertz CT molecular complexity index is 735. The number of halogens is 1. The topological polar surface area (TPSA) is 111 Å². The number of quaternary nitrogens is 1. The van der Waals surface area contributed by atoms with Crippen LogP contribution < -0.4 is 4.89 Å². The highest BCUT2D eigenvalue weighted by Crippen LogP contribution is 2.38. The summed E-state index contributed by atoms with van der Waals surface area (Å²) in [5.41, 5.74) is 0. The number of phosphoric ester groups is 1. The van der Waals surface area contributed by atoms with Gasteiger partial charge in [-0.05, 0) is 19.3 Å². The maximum Gasteiger partial charge on any atom is 0.306 e. The monoisotopic (exact) mass is 699 g/mol. The number of hydrogen-bond acceptors (Lipinski definition) is 8. The van der Waals surface area contributed by atoms with Crippen molar-refractivity contribution in [1.82, 2.24) is 0 Å². The van der Waals surface area contributed by atoms with E-state index in [2.05, 4.69) is 22.9 Å². The summed E-state index contributed by atoms with van der Waals surface area (Å²) in [7, 11) is 1.17. The molecule has 0 rings (SSSR count). The summed E-state index contributed by atoms with van der Waals surface area (Å²) in [5, 5.41) is 1.07. The van der Waals surface area contributed by atoms with Gasteiger partial charge in [-0.25, -0.2) is 0 Å². The van der Waals surface area contributed by atoms with Gasteiger partial charge in [0.25, 0.3) is 7.82 Å². The van der Waals surface area contributed by atoms with Gasteiger partial charge in [-0.2, -0.15) is 0 Å². The molecule has 0 saturated carbocycles. The van der Waals surface area contributed by atoms with Crippen molar-refractivity contribution in [2.75, 3.05) is 52.8 Å². The lowest BCUT2D eigenvalue weighted by molar-refractivity contribution is -0.870. The molecular formula is C32H63BrNO8P. The van der Waals surface area contributed by atoms with E-state index in [-0.39, 0.29) is 32.0 Å². The molecule has 0 amide bonds. The Balaban J connectivity index is 4.49. The molecule has 0 bridgehead atoms. The fourth-order valence-electron chi connectivity index (χ4n) is 4.44. The van der Waals surface area contributed by atoms with E-state index in [1.165, 1.54) is 70.6 Å². The highest BCUT2D eigenvalue weighted by molar-refractivity contribution is 9.09. The van der Waals surface area contributed by atoms with Gasteiger partial charge in [-0.15, -0.1) is 0 Å². The standard InChI is InChI=1S/C32H63BrNO8P/c1-5-6-7-8-9-11-14-17-20-23-31(35)39-28-30(29-41-43(37,38)40-27-26-34(2,3)4)42-32(36)24-21-18-15-12-10-13-16-19-22-25-33/h30H,5-29H2,1-4H3/t30-/m1/s1. The first kappa shape index (κ1) is 42.5. The van der Waals surface area contributed by atoms with Gasteiger partial charge in [0.05, 0.1) is 27.7 Å². The van der Waals surface area contributed by atoms with Crippen LogP contribution >= 0.6 is 23.8 Å². The molecule has 0 saturated heterocycles. The molecule has 0 aliphatic carbocycles. The fourth-order valence-corrected chi connectivity index (χ4v) is 5.56. The number of alkyl halides is 1. The Morgan fingerprint density at radius 2 is 1.16 bits per heavy atom. The van der Waals surface area contributed by atoms with E-state index in [1.807, 2.05) is 21.1 Å². The second kappa shape index (κ2) is 27.8. The van der Waals surface area contributed by atoms with Crippen LogP contribution in [0.2, 0.25) is 0 Å². The van der Waals surface area contributed by atoms with E-state index >= 15 is 0 Å². The summed E-state index contributed by atoms with van der Waals surface area (Å²) in [5.74, 6) is -0.842. The van der Waals surface area contributed by atoms with E-state index in [0.717, 1.165) is 43.9 Å². The molecule has 0 aromatic rings. The van der Waals surface area contributed by atoms with Crippen molar-refractivity contribution >= 4 is 35.7 Å². The number of ether oxygens (including phenoxy) is 2. The Labute approximate surface area is 271 Å². The quantitative estimate of drug-likeness (QED) is 0.0236. The molecule has 0 aromatic heterocycles. The normalized spacial score (nSPS) is 13.9. The molecule has 0 N–H and O–H groups in total. The average Bonchev–Trinajstić information content (AvgIpc) is 2.93. The third kappa shape index (κ3) is 31.3. The van der Waals surface area contributed by atoms with Crippen molar-refractivity contribution < 1.29 is 42.1 Å². The summed E-state index contributed by atoms with van der Waals surface area (Å²) in [6, 6.07) is 0. The van der Waals surface area contributed by atoms with Crippen molar-refractivity contribution in [3.05, 3.63) is 0 Å². The van der Waals surface area contributed by atoms with Crippen molar-refractivity contribution in [3.8, 4) is 0 Å². The molecule has 43 heavy (non-hydrogen) atoms. The van der Waals surface area contributed by atoms with Crippen molar-refractivity contribution in [1.29, 1.82) is 0 Å². The van der Waals surface area contributed by atoms with E-state index in [9.17, 15) is 19.0 Å². The average molecular weight is 701 g/mol. The smallest absolute Gasteiger partial charge is 0.306 e. The van der Waals surface area contributed by atoms with Crippen LogP contribution in [0.1, 0.15) is 135 Å². The molecule has 0 spiro atoms. The Morgan fingerprint density at radius 3 is 1.65 bits per heavy atom. The Hall–Kier alpha value is -0.510. The number of hydrogen-bond donors (Lipinski definition) is 0. The zero-order chi connectivity index (χ0) is 32.2. The van der Waals surface area contributed by atoms with Crippen molar-refractivity contribution in [2.45, 2.75) is 141 Å². The van der Waals surface area contributed by atoms with Gasteiger partial charge in [0.1, 0.15) is 19.8 Å². The third-order valence-electron chi connectivity index (χ3n) is 7.16. The number of phosphoric acid groups is 1. The molecule has 1 unspecified atom stereocenters. The largest absolute Gasteiger partial charge is 0.756 e. The minimum Gasteiger partial charge on any atom is -0.756 e. The van der Waals surface area contributed by atoms with Gasteiger partial charge in [-0.3, -0.25) is 14.2 Å². The first-order valence-corrected chi connectivity index (χ1v) is 19.4. The molecule has 9 nitrogen and oxygen atoms in total. The number of carbonyl (C=O) groups excluding carboxylic acids is 2. The van der Waals surface area contributed by atoms with Crippen LogP contribution in [-0.2, 0) is 32.7 Å². The number of unbranched alkanes of at least 4 members (excludes halogenated alkanes) is 16. The SMILES string of the molecule is CCCCCCCCCCCC(=O)OC[C@H](COP(=O)([O-])OCC[N+](C)(C)C)OC(=O)CCCCCCCCCCCBr. The molecule has 0 aromatic carbocycles. The molecule has 0 radical (unpaired) electrons. The fraction of sp³-hybridized carbons (Fsp3) is 0.938. The summed E-state index contributed by atoms with van der Waals surface area (Å²) in [6.45, 7) is 1.94. The summed E-state index contributed by atoms with van der Waals surface area (Å²) >= 11 is 3.46. The van der Waals surface area contributed by atoms with Gasteiger partial charge < -0.3 is 27.9 Å². The number of rotatable bonds is 31. The molecule has 256 valence electrons. The molecule has 2 atom stereocenters. The number of likely N-dealkylation sites (N-methyl/N-ethyl adjacent to an activating group) is 1. The number of carbonyl (C=O) groups is 2.